The van der Waals surface area contributed by atoms with Crippen molar-refractivity contribution in [2.45, 2.75) is 25.4 Å². The van der Waals surface area contributed by atoms with Crippen molar-refractivity contribution < 1.29 is 9.53 Å². The summed E-state index contributed by atoms with van der Waals surface area (Å²) in [5.74, 6) is 0.967. The van der Waals surface area contributed by atoms with Crippen molar-refractivity contribution in [3.63, 3.8) is 0 Å². The van der Waals surface area contributed by atoms with Crippen LogP contribution in [0.2, 0.25) is 0 Å². The second-order valence-electron chi connectivity index (χ2n) is 5.57. The van der Waals surface area contributed by atoms with Gasteiger partial charge in [0.05, 0.1) is 6.04 Å². The number of nitrogens with two attached hydrogens (primary N) is 1. The predicted molar refractivity (Wildman–Crippen MR) is 96.4 cm³/mol. The molecule has 0 aliphatic carbocycles. The number of aromatic nitrogens is 1. The Morgan fingerprint density at radius 1 is 1.43 bits per heavy atom. The molecule has 1 fully saturated rings. The maximum absolute atomic E-state index is 12.2. The third-order valence-corrected chi connectivity index (χ3v) is 3.82. The smallest absolute Gasteiger partial charge is 0.237 e. The van der Waals surface area contributed by atoms with E-state index < -0.39 is 6.04 Å². The number of hydrogen-bond acceptors (Lipinski definition) is 5. The molecule has 23 heavy (non-hydrogen) atoms. The lowest BCUT2D eigenvalue weighted by molar-refractivity contribution is -0.124. The molecule has 1 amide bonds. The lowest BCUT2D eigenvalue weighted by Crippen LogP contribution is -2.46. The van der Waals surface area contributed by atoms with Gasteiger partial charge in [0.15, 0.2) is 0 Å². The molecule has 0 aromatic carbocycles. The summed E-state index contributed by atoms with van der Waals surface area (Å²) in [5, 5.41) is 2.92. The molecular weight excluding hydrogens is 339 g/mol. The molecule has 1 aliphatic rings. The minimum Gasteiger partial charge on any atom is -0.381 e. The van der Waals surface area contributed by atoms with E-state index in [-0.39, 0.29) is 36.6 Å². The molecule has 1 saturated heterocycles. The SMILES string of the molecule is CN(C)c1ncccc1CNC(=O)C(N)C1CCOCC1.Cl.Cl. The Morgan fingerprint density at radius 2 is 2.09 bits per heavy atom. The van der Waals surface area contributed by atoms with Crippen molar-refractivity contribution in [2.24, 2.45) is 11.7 Å². The fraction of sp³-hybridized carbons (Fsp3) is 0.600. The fourth-order valence-electron chi connectivity index (χ4n) is 2.56. The van der Waals surface area contributed by atoms with E-state index in [2.05, 4.69) is 10.3 Å². The minimum atomic E-state index is -0.464. The molecule has 132 valence electrons. The number of pyridine rings is 1. The standard InChI is InChI=1S/C15H24N4O2.2ClH/c1-19(2)14-12(4-3-7-17-14)10-18-15(20)13(16)11-5-8-21-9-6-11;;/h3-4,7,11,13H,5-6,8-10,16H2,1-2H3,(H,18,20);2*1H. The number of nitrogens with zero attached hydrogens (tertiary/aromatic N) is 2. The zero-order valence-electron chi connectivity index (χ0n) is 13.5. The van der Waals surface area contributed by atoms with Crippen molar-refractivity contribution in [3.05, 3.63) is 23.9 Å². The summed E-state index contributed by atoms with van der Waals surface area (Å²) in [6.45, 7) is 1.83. The Kier molecular flexibility index (Phi) is 10.1. The van der Waals surface area contributed by atoms with Crippen LogP contribution in [0, 0.1) is 5.92 Å². The van der Waals surface area contributed by atoms with Crippen LogP contribution in [0.25, 0.3) is 0 Å². The molecule has 1 atom stereocenters. The number of carbonyl (C=O) groups excluding carboxylic acids is 1. The van der Waals surface area contributed by atoms with Crippen LogP contribution in [0.5, 0.6) is 0 Å². The van der Waals surface area contributed by atoms with Crippen LogP contribution >= 0.6 is 24.8 Å². The number of halogens is 2. The quantitative estimate of drug-likeness (QED) is 0.824. The van der Waals surface area contributed by atoms with Gasteiger partial charge >= 0.3 is 0 Å². The molecule has 8 heteroatoms. The van der Waals surface area contributed by atoms with Crippen LogP contribution in [-0.4, -0.2) is 44.2 Å². The average molecular weight is 365 g/mol. The van der Waals surface area contributed by atoms with Crippen LogP contribution in [0.3, 0.4) is 0 Å². The van der Waals surface area contributed by atoms with Gasteiger partial charge in [-0.05, 0) is 24.8 Å². The summed E-state index contributed by atoms with van der Waals surface area (Å²) >= 11 is 0. The number of hydrogen-bond donors (Lipinski definition) is 2. The van der Waals surface area contributed by atoms with Gasteiger partial charge in [0, 0.05) is 45.6 Å². The van der Waals surface area contributed by atoms with Gasteiger partial charge in [0.1, 0.15) is 5.82 Å². The largest absolute Gasteiger partial charge is 0.381 e. The van der Waals surface area contributed by atoms with E-state index >= 15 is 0 Å². The Balaban J connectivity index is 0.00000242. The first kappa shape index (κ1) is 21.9. The van der Waals surface area contributed by atoms with Gasteiger partial charge in [-0.2, -0.15) is 0 Å². The van der Waals surface area contributed by atoms with Crippen LogP contribution in [0.15, 0.2) is 18.3 Å². The summed E-state index contributed by atoms with van der Waals surface area (Å²) in [7, 11) is 3.86. The number of anilines is 1. The van der Waals surface area contributed by atoms with Gasteiger partial charge in [-0.1, -0.05) is 6.07 Å². The van der Waals surface area contributed by atoms with Crippen LogP contribution in [0.1, 0.15) is 18.4 Å². The molecule has 0 radical (unpaired) electrons. The van der Waals surface area contributed by atoms with Crippen molar-refractivity contribution in [1.82, 2.24) is 10.3 Å². The van der Waals surface area contributed by atoms with E-state index in [1.54, 1.807) is 6.20 Å². The van der Waals surface area contributed by atoms with Crippen molar-refractivity contribution >= 4 is 36.5 Å². The highest BCUT2D eigenvalue weighted by Gasteiger charge is 2.26. The second kappa shape index (κ2) is 10.6. The molecule has 1 aliphatic heterocycles. The molecule has 0 bridgehead atoms. The zero-order valence-corrected chi connectivity index (χ0v) is 15.2. The summed E-state index contributed by atoms with van der Waals surface area (Å²) < 4.78 is 5.30. The van der Waals surface area contributed by atoms with Gasteiger partial charge in [-0.15, -0.1) is 24.8 Å². The Hall–Kier alpha value is -1.08. The lowest BCUT2D eigenvalue weighted by Gasteiger charge is -2.27. The maximum atomic E-state index is 12.2. The number of amides is 1. The summed E-state index contributed by atoms with van der Waals surface area (Å²) in [6, 6.07) is 3.36. The van der Waals surface area contributed by atoms with Crippen LogP contribution < -0.4 is 16.0 Å². The van der Waals surface area contributed by atoms with E-state index in [1.807, 2.05) is 31.1 Å². The first-order valence-electron chi connectivity index (χ1n) is 7.32. The highest BCUT2D eigenvalue weighted by molar-refractivity contribution is 5.85. The van der Waals surface area contributed by atoms with E-state index in [1.165, 1.54) is 0 Å². The van der Waals surface area contributed by atoms with Gasteiger partial charge in [0.25, 0.3) is 0 Å². The Labute approximate surface area is 150 Å². The van der Waals surface area contributed by atoms with Gasteiger partial charge < -0.3 is 20.7 Å². The van der Waals surface area contributed by atoms with E-state index in [0.29, 0.717) is 19.8 Å². The molecule has 1 aromatic rings. The third-order valence-electron chi connectivity index (χ3n) is 3.82. The molecule has 2 rings (SSSR count). The van der Waals surface area contributed by atoms with Gasteiger partial charge in [-0.25, -0.2) is 4.98 Å². The molecule has 0 saturated carbocycles. The second-order valence-corrected chi connectivity index (χ2v) is 5.57. The zero-order chi connectivity index (χ0) is 15.2. The fourth-order valence-corrected chi connectivity index (χ4v) is 2.56. The summed E-state index contributed by atoms with van der Waals surface area (Å²) in [5.41, 5.74) is 7.04. The molecular formula is C15H26Cl2N4O2. The van der Waals surface area contributed by atoms with Crippen LogP contribution in [-0.2, 0) is 16.1 Å². The minimum absolute atomic E-state index is 0. The normalized spacial score (nSPS) is 15.8. The number of carbonyl (C=O) groups is 1. The molecule has 2 heterocycles. The number of nitrogens with one attached hydrogen (secondary N) is 1. The third kappa shape index (κ3) is 6.14. The van der Waals surface area contributed by atoms with Crippen LogP contribution in [0.4, 0.5) is 5.82 Å². The topological polar surface area (TPSA) is 80.5 Å². The summed E-state index contributed by atoms with van der Waals surface area (Å²) in [6.07, 6.45) is 3.45. The molecule has 6 nitrogen and oxygen atoms in total. The highest BCUT2D eigenvalue weighted by atomic mass is 35.5. The van der Waals surface area contributed by atoms with Crippen molar-refractivity contribution in [2.75, 3.05) is 32.2 Å². The number of ether oxygens (including phenoxy) is 1. The average Bonchev–Trinajstić information content (AvgIpc) is 2.52. The molecule has 1 unspecified atom stereocenters. The van der Waals surface area contributed by atoms with E-state index in [9.17, 15) is 4.79 Å². The lowest BCUT2D eigenvalue weighted by atomic mass is 9.92. The maximum Gasteiger partial charge on any atom is 0.237 e. The van der Waals surface area contributed by atoms with Gasteiger partial charge in [-0.3, -0.25) is 4.79 Å². The first-order chi connectivity index (χ1) is 10.1. The molecule has 1 aromatic heterocycles. The first-order valence-corrected chi connectivity index (χ1v) is 7.32. The monoisotopic (exact) mass is 364 g/mol. The predicted octanol–water partition coefficient (Wildman–Crippen LogP) is 1.36. The Bertz CT molecular complexity index is 482. The van der Waals surface area contributed by atoms with E-state index in [4.69, 9.17) is 10.5 Å². The summed E-state index contributed by atoms with van der Waals surface area (Å²) in [4.78, 5) is 18.4. The van der Waals surface area contributed by atoms with Gasteiger partial charge in [0.2, 0.25) is 5.91 Å². The molecule has 3 N–H and O–H groups in total. The molecule has 0 spiro atoms. The van der Waals surface area contributed by atoms with E-state index in [0.717, 1.165) is 24.2 Å². The highest BCUT2D eigenvalue weighted by Crippen LogP contribution is 2.18. The van der Waals surface area contributed by atoms with Crippen molar-refractivity contribution in [1.29, 1.82) is 0 Å². The Morgan fingerprint density at radius 3 is 2.70 bits per heavy atom. The van der Waals surface area contributed by atoms with Crippen molar-refractivity contribution in [3.8, 4) is 0 Å². The number of rotatable bonds is 5.